The van der Waals surface area contributed by atoms with E-state index in [1.807, 2.05) is 20.8 Å². The highest BCUT2D eigenvalue weighted by atomic mass is 32.1. The summed E-state index contributed by atoms with van der Waals surface area (Å²) >= 11 is 1.59. The fraction of sp³-hybridized carbons (Fsp3) is 0.714. The van der Waals surface area contributed by atoms with Crippen molar-refractivity contribution in [2.24, 2.45) is 0 Å². The van der Waals surface area contributed by atoms with Crippen molar-refractivity contribution in [1.82, 2.24) is 15.2 Å². The van der Waals surface area contributed by atoms with Crippen LogP contribution in [0.3, 0.4) is 0 Å². The average molecular weight is 312 g/mol. The van der Waals surface area contributed by atoms with Gasteiger partial charge in [0.05, 0.1) is 4.88 Å². The molecule has 2 heterocycles. The van der Waals surface area contributed by atoms with Crippen LogP contribution in [0.15, 0.2) is 6.20 Å². The Morgan fingerprint density at radius 2 is 2.05 bits per heavy atom. The number of thiazole rings is 1. The van der Waals surface area contributed by atoms with E-state index >= 15 is 0 Å². The van der Waals surface area contributed by atoms with Crippen molar-refractivity contribution in [3.05, 3.63) is 11.1 Å². The van der Waals surface area contributed by atoms with E-state index in [4.69, 9.17) is 4.74 Å². The summed E-state index contributed by atoms with van der Waals surface area (Å²) in [6.45, 7) is 10.1. The van der Waals surface area contributed by atoms with Gasteiger partial charge in [0.15, 0.2) is 5.13 Å². The number of nitrogens with one attached hydrogen (secondary N) is 1. The first-order valence-electron chi connectivity index (χ1n) is 7.16. The average Bonchev–Trinajstić information content (AvgIpc) is 2.84. The van der Waals surface area contributed by atoms with Gasteiger partial charge in [-0.3, -0.25) is 0 Å². The Morgan fingerprint density at radius 3 is 2.67 bits per heavy atom. The molecule has 21 heavy (non-hydrogen) atoms. The molecule has 0 bridgehead atoms. The van der Waals surface area contributed by atoms with Crippen LogP contribution in [0.4, 0.5) is 9.93 Å². The van der Waals surface area contributed by atoms with Gasteiger partial charge < -0.3 is 19.9 Å². The highest BCUT2D eigenvalue weighted by Crippen LogP contribution is 2.24. The summed E-state index contributed by atoms with van der Waals surface area (Å²) in [4.78, 5) is 21.6. The third-order valence-electron chi connectivity index (χ3n) is 3.14. The molecule has 1 fully saturated rings. The van der Waals surface area contributed by atoms with Crippen LogP contribution in [-0.4, -0.2) is 54.7 Å². The Kier molecular flexibility index (Phi) is 5.05. The van der Waals surface area contributed by atoms with Crippen LogP contribution in [-0.2, 0) is 11.3 Å². The van der Waals surface area contributed by atoms with Crippen molar-refractivity contribution in [2.75, 3.05) is 38.1 Å². The van der Waals surface area contributed by atoms with Crippen LogP contribution in [0.1, 0.15) is 25.6 Å². The molecule has 0 aromatic carbocycles. The summed E-state index contributed by atoms with van der Waals surface area (Å²) in [5.74, 6) is 0. The number of rotatable bonds is 3. The van der Waals surface area contributed by atoms with Crippen LogP contribution in [0.2, 0.25) is 0 Å². The van der Waals surface area contributed by atoms with Gasteiger partial charge >= 0.3 is 6.09 Å². The minimum absolute atomic E-state index is 0.271. The van der Waals surface area contributed by atoms with E-state index in [1.54, 1.807) is 17.5 Å². The maximum Gasteiger partial charge on any atom is 0.407 e. The maximum absolute atomic E-state index is 11.6. The standard InChI is InChI=1S/C14H24N4O2S/c1-14(2,3)16-13(19)20-10-11-9-15-12(21-11)18-7-5-17(4)6-8-18/h9H,5-8,10H2,1-4H3,(H,16,19). The summed E-state index contributed by atoms with van der Waals surface area (Å²) in [5.41, 5.74) is -0.282. The number of hydrogen-bond acceptors (Lipinski definition) is 6. The number of likely N-dealkylation sites (N-methyl/N-ethyl adjacent to an activating group) is 1. The lowest BCUT2D eigenvalue weighted by Crippen LogP contribution is -2.44. The lowest BCUT2D eigenvalue weighted by molar-refractivity contribution is 0.132. The largest absolute Gasteiger partial charge is 0.444 e. The predicted molar refractivity (Wildman–Crippen MR) is 84.9 cm³/mol. The quantitative estimate of drug-likeness (QED) is 0.924. The van der Waals surface area contributed by atoms with E-state index in [1.165, 1.54) is 0 Å². The van der Waals surface area contributed by atoms with E-state index in [-0.39, 0.29) is 12.1 Å². The first kappa shape index (κ1) is 16.0. The minimum Gasteiger partial charge on any atom is -0.444 e. The van der Waals surface area contributed by atoms with Crippen LogP contribution in [0.5, 0.6) is 0 Å². The van der Waals surface area contributed by atoms with E-state index < -0.39 is 6.09 Å². The van der Waals surface area contributed by atoms with Gasteiger partial charge in [0.2, 0.25) is 0 Å². The smallest absolute Gasteiger partial charge is 0.407 e. The number of piperazine rings is 1. The molecule has 0 atom stereocenters. The summed E-state index contributed by atoms with van der Waals surface area (Å²) in [6, 6.07) is 0. The molecule has 0 unspecified atom stereocenters. The molecule has 1 N–H and O–H groups in total. The topological polar surface area (TPSA) is 57.7 Å². The number of nitrogens with zero attached hydrogens (tertiary/aromatic N) is 3. The van der Waals surface area contributed by atoms with Crippen molar-refractivity contribution < 1.29 is 9.53 Å². The third kappa shape index (κ3) is 5.17. The molecule has 6 nitrogen and oxygen atoms in total. The Bertz CT molecular complexity index is 476. The van der Waals surface area contributed by atoms with Crippen LogP contribution >= 0.6 is 11.3 Å². The molecule has 1 aliphatic heterocycles. The van der Waals surface area contributed by atoms with Gasteiger partial charge in [-0.05, 0) is 27.8 Å². The fourth-order valence-electron chi connectivity index (χ4n) is 1.99. The van der Waals surface area contributed by atoms with Gasteiger partial charge in [0, 0.05) is 37.9 Å². The number of anilines is 1. The molecule has 1 amide bonds. The van der Waals surface area contributed by atoms with Crippen molar-refractivity contribution in [3.8, 4) is 0 Å². The summed E-state index contributed by atoms with van der Waals surface area (Å²) in [6.07, 6.45) is 1.40. The second-order valence-corrected chi connectivity index (χ2v) is 7.44. The van der Waals surface area contributed by atoms with Gasteiger partial charge in [0.1, 0.15) is 6.61 Å². The first-order chi connectivity index (χ1) is 9.83. The van der Waals surface area contributed by atoms with Gasteiger partial charge in [-0.1, -0.05) is 11.3 Å². The van der Waals surface area contributed by atoms with Gasteiger partial charge in [0.25, 0.3) is 0 Å². The SMILES string of the molecule is CN1CCN(c2ncc(COC(=O)NC(C)(C)C)s2)CC1. The van der Waals surface area contributed by atoms with Gasteiger partial charge in [-0.2, -0.15) is 0 Å². The van der Waals surface area contributed by atoms with Crippen molar-refractivity contribution in [2.45, 2.75) is 32.9 Å². The van der Waals surface area contributed by atoms with Gasteiger partial charge in [-0.25, -0.2) is 9.78 Å². The molecule has 1 aromatic rings. The number of hydrogen-bond donors (Lipinski definition) is 1. The van der Waals surface area contributed by atoms with Gasteiger partial charge in [-0.15, -0.1) is 0 Å². The number of amides is 1. The van der Waals surface area contributed by atoms with E-state index in [0.717, 1.165) is 36.2 Å². The highest BCUT2D eigenvalue weighted by Gasteiger charge is 2.18. The highest BCUT2D eigenvalue weighted by molar-refractivity contribution is 7.15. The number of carbonyl (C=O) groups excluding carboxylic acids is 1. The van der Waals surface area contributed by atoms with Crippen LogP contribution in [0.25, 0.3) is 0 Å². The predicted octanol–water partition coefficient (Wildman–Crippen LogP) is 1.92. The molecule has 0 spiro atoms. The second-order valence-electron chi connectivity index (χ2n) is 6.35. The molecule has 1 saturated heterocycles. The van der Waals surface area contributed by atoms with Crippen molar-refractivity contribution >= 4 is 22.6 Å². The van der Waals surface area contributed by atoms with Crippen LogP contribution in [0, 0.1) is 0 Å². The Hall–Kier alpha value is -1.34. The monoisotopic (exact) mass is 312 g/mol. The minimum atomic E-state index is -0.392. The molecule has 1 aliphatic rings. The molecule has 118 valence electrons. The number of carbonyl (C=O) groups is 1. The Balaban J connectivity index is 1.82. The molecule has 0 aliphatic carbocycles. The zero-order valence-corrected chi connectivity index (χ0v) is 14.0. The normalized spacial score (nSPS) is 16.9. The molecule has 0 saturated carbocycles. The Labute approximate surface area is 130 Å². The summed E-state index contributed by atoms with van der Waals surface area (Å²) in [5, 5.41) is 3.78. The first-order valence-corrected chi connectivity index (χ1v) is 7.98. The zero-order valence-electron chi connectivity index (χ0n) is 13.2. The lowest BCUT2D eigenvalue weighted by atomic mass is 10.1. The molecule has 0 radical (unpaired) electrons. The molecular formula is C14H24N4O2S. The Morgan fingerprint density at radius 1 is 1.38 bits per heavy atom. The summed E-state index contributed by atoms with van der Waals surface area (Å²) < 4.78 is 5.22. The number of ether oxygens (including phenoxy) is 1. The zero-order chi connectivity index (χ0) is 15.5. The molecular weight excluding hydrogens is 288 g/mol. The maximum atomic E-state index is 11.6. The van der Waals surface area contributed by atoms with Crippen molar-refractivity contribution in [1.29, 1.82) is 0 Å². The molecule has 2 rings (SSSR count). The lowest BCUT2D eigenvalue weighted by Gasteiger charge is -2.32. The van der Waals surface area contributed by atoms with E-state index in [2.05, 4.69) is 27.1 Å². The van der Waals surface area contributed by atoms with E-state index in [9.17, 15) is 4.79 Å². The van der Waals surface area contributed by atoms with E-state index in [0.29, 0.717) is 0 Å². The molecule has 7 heteroatoms. The fourth-order valence-corrected chi connectivity index (χ4v) is 2.86. The van der Waals surface area contributed by atoms with Crippen LogP contribution < -0.4 is 10.2 Å². The third-order valence-corrected chi connectivity index (χ3v) is 4.17. The molecule has 1 aromatic heterocycles. The number of aromatic nitrogens is 1. The second kappa shape index (κ2) is 6.62. The summed E-state index contributed by atoms with van der Waals surface area (Å²) in [7, 11) is 2.13. The van der Waals surface area contributed by atoms with Crippen molar-refractivity contribution in [3.63, 3.8) is 0 Å². The number of alkyl carbamates (subject to hydrolysis) is 1.